The first-order chi connectivity index (χ1) is 16.3. The molecule has 0 aliphatic carbocycles. The van der Waals surface area contributed by atoms with Crippen LogP contribution in [0.2, 0.25) is 0 Å². The lowest BCUT2D eigenvalue weighted by molar-refractivity contribution is -0.132. The lowest BCUT2D eigenvalue weighted by Gasteiger charge is -2.37. The van der Waals surface area contributed by atoms with Crippen molar-refractivity contribution in [3.05, 3.63) is 76.5 Å². The van der Waals surface area contributed by atoms with E-state index in [4.69, 9.17) is 9.97 Å². The van der Waals surface area contributed by atoms with Crippen LogP contribution in [0.3, 0.4) is 0 Å². The van der Waals surface area contributed by atoms with E-state index in [1.165, 1.54) is 22.3 Å². The second kappa shape index (κ2) is 10.4. The van der Waals surface area contributed by atoms with Crippen molar-refractivity contribution < 1.29 is 4.79 Å². The highest BCUT2D eigenvalue weighted by Crippen LogP contribution is 2.29. The molecule has 1 saturated heterocycles. The van der Waals surface area contributed by atoms with Gasteiger partial charge in [0.15, 0.2) is 5.82 Å². The van der Waals surface area contributed by atoms with Gasteiger partial charge in [0.25, 0.3) is 0 Å². The fourth-order valence-electron chi connectivity index (χ4n) is 4.59. The Labute approximate surface area is 203 Å². The fraction of sp³-hybridized carbons (Fsp3) is 0.414. The summed E-state index contributed by atoms with van der Waals surface area (Å²) in [6.07, 6.45) is 1.42. The molecule has 4 rings (SSSR count). The van der Waals surface area contributed by atoms with Crippen LogP contribution in [0.25, 0.3) is 11.4 Å². The number of nitrogens with zero attached hydrogens (tertiary/aromatic N) is 4. The number of aromatic nitrogens is 2. The van der Waals surface area contributed by atoms with Crippen LogP contribution < -0.4 is 4.90 Å². The molecule has 178 valence electrons. The number of aryl methyl sites for hydroxylation is 3. The van der Waals surface area contributed by atoms with Crippen LogP contribution in [0, 0.1) is 26.7 Å². The van der Waals surface area contributed by atoms with Crippen LogP contribution in [-0.2, 0) is 11.2 Å². The van der Waals surface area contributed by atoms with E-state index in [0.717, 1.165) is 55.5 Å². The van der Waals surface area contributed by atoms with Crippen LogP contribution in [-0.4, -0.2) is 47.0 Å². The van der Waals surface area contributed by atoms with E-state index in [1.807, 2.05) is 23.1 Å². The Morgan fingerprint density at radius 2 is 1.65 bits per heavy atom. The summed E-state index contributed by atoms with van der Waals surface area (Å²) in [5.74, 6) is 2.40. The van der Waals surface area contributed by atoms with Crippen molar-refractivity contribution in [2.45, 2.75) is 47.5 Å². The number of hydrogen-bond donors (Lipinski definition) is 0. The normalized spacial score (nSPS) is 14.1. The van der Waals surface area contributed by atoms with Gasteiger partial charge in [0.1, 0.15) is 5.82 Å². The van der Waals surface area contributed by atoms with E-state index >= 15 is 0 Å². The molecule has 1 aliphatic rings. The van der Waals surface area contributed by atoms with Gasteiger partial charge in [0, 0.05) is 55.8 Å². The first-order valence-electron chi connectivity index (χ1n) is 12.3. The van der Waals surface area contributed by atoms with E-state index < -0.39 is 0 Å². The van der Waals surface area contributed by atoms with E-state index in [0.29, 0.717) is 12.3 Å². The molecule has 1 fully saturated rings. The summed E-state index contributed by atoms with van der Waals surface area (Å²) in [6, 6.07) is 16.8. The Morgan fingerprint density at radius 1 is 0.941 bits per heavy atom. The van der Waals surface area contributed by atoms with Gasteiger partial charge in [-0.1, -0.05) is 67.9 Å². The van der Waals surface area contributed by atoms with Crippen molar-refractivity contribution in [2.75, 3.05) is 31.1 Å². The fourth-order valence-corrected chi connectivity index (χ4v) is 4.59. The maximum absolute atomic E-state index is 12.6. The number of piperazine rings is 1. The maximum Gasteiger partial charge on any atom is 0.222 e. The standard InChI is InChI=1S/C29H36N4O/c1-20(2)17-27(34)32-13-15-33(16-14-32)29-26(19-25-18-21(3)11-12-22(25)4)23(5)30-28(31-29)24-9-7-6-8-10-24/h6-12,18,20H,13-17,19H2,1-5H3. The number of benzene rings is 2. The molecular weight excluding hydrogens is 420 g/mol. The molecule has 0 bridgehead atoms. The van der Waals surface area contributed by atoms with Crippen LogP contribution in [0.5, 0.6) is 0 Å². The lowest BCUT2D eigenvalue weighted by atomic mass is 9.97. The van der Waals surface area contributed by atoms with E-state index in [-0.39, 0.29) is 5.91 Å². The smallest absolute Gasteiger partial charge is 0.222 e. The van der Waals surface area contributed by atoms with Gasteiger partial charge in [-0.3, -0.25) is 4.79 Å². The molecule has 3 aromatic rings. The van der Waals surface area contributed by atoms with Crippen LogP contribution in [0.4, 0.5) is 5.82 Å². The number of carbonyl (C=O) groups excluding carboxylic acids is 1. The summed E-state index contributed by atoms with van der Waals surface area (Å²) in [5, 5.41) is 0. The van der Waals surface area contributed by atoms with Gasteiger partial charge in [0.2, 0.25) is 5.91 Å². The predicted octanol–water partition coefficient (Wildman–Crippen LogP) is 5.35. The molecule has 5 nitrogen and oxygen atoms in total. The summed E-state index contributed by atoms with van der Waals surface area (Å²) in [7, 11) is 0. The third kappa shape index (κ3) is 5.46. The van der Waals surface area contributed by atoms with Crippen molar-refractivity contribution in [1.29, 1.82) is 0 Å². The first kappa shape index (κ1) is 23.9. The minimum absolute atomic E-state index is 0.258. The largest absolute Gasteiger partial charge is 0.353 e. The maximum atomic E-state index is 12.6. The van der Waals surface area contributed by atoms with Crippen molar-refractivity contribution in [1.82, 2.24) is 14.9 Å². The van der Waals surface area contributed by atoms with Gasteiger partial charge in [-0.15, -0.1) is 0 Å². The molecule has 0 radical (unpaired) electrons. The Balaban J connectivity index is 1.68. The van der Waals surface area contributed by atoms with E-state index in [2.05, 4.69) is 69.9 Å². The van der Waals surface area contributed by atoms with Crippen LogP contribution in [0.15, 0.2) is 48.5 Å². The molecule has 0 atom stereocenters. The summed E-state index contributed by atoms with van der Waals surface area (Å²) < 4.78 is 0. The SMILES string of the molecule is Cc1ccc(C)c(Cc2c(C)nc(-c3ccccc3)nc2N2CCN(C(=O)CC(C)C)CC2)c1. The predicted molar refractivity (Wildman–Crippen MR) is 139 cm³/mol. The second-order valence-electron chi connectivity index (χ2n) is 9.87. The van der Waals surface area contributed by atoms with E-state index in [1.54, 1.807) is 0 Å². The zero-order valence-electron chi connectivity index (χ0n) is 21.1. The van der Waals surface area contributed by atoms with Crippen molar-refractivity contribution >= 4 is 11.7 Å². The Kier molecular flexibility index (Phi) is 7.30. The number of anilines is 1. The molecule has 0 saturated carbocycles. The molecule has 34 heavy (non-hydrogen) atoms. The number of hydrogen-bond acceptors (Lipinski definition) is 4. The molecule has 0 N–H and O–H groups in total. The molecule has 1 amide bonds. The molecule has 2 aromatic carbocycles. The number of rotatable bonds is 6. The van der Waals surface area contributed by atoms with Gasteiger partial charge in [-0.05, 0) is 37.8 Å². The van der Waals surface area contributed by atoms with Crippen molar-refractivity contribution in [2.24, 2.45) is 5.92 Å². The van der Waals surface area contributed by atoms with E-state index in [9.17, 15) is 4.79 Å². The highest BCUT2D eigenvalue weighted by atomic mass is 16.2. The Bertz CT molecular complexity index is 1150. The monoisotopic (exact) mass is 456 g/mol. The minimum atomic E-state index is 0.258. The number of amides is 1. The van der Waals surface area contributed by atoms with Gasteiger partial charge in [-0.2, -0.15) is 0 Å². The summed E-state index contributed by atoms with van der Waals surface area (Å²) in [5.41, 5.74) is 7.08. The van der Waals surface area contributed by atoms with Gasteiger partial charge in [0.05, 0.1) is 0 Å². The third-order valence-electron chi connectivity index (χ3n) is 6.61. The zero-order valence-corrected chi connectivity index (χ0v) is 21.1. The quantitative estimate of drug-likeness (QED) is 0.501. The molecule has 2 heterocycles. The van der Waals surface area contributed by atoms with Gasteiger partial charge in [-0.25, -0.2) is 9.97 Å². The average Bonchev–Trinajstić information content (AvgIpc) is 2.82. The zero-order chi connectivity index (χ0) is 24.2. The Hall–Kier alpha value is -3.21. The highest BCUT2D eigenvalue weighted by Gasteiger charge is 2.25. The summed E-state index contributed by atoms with van der Waals surface area (Å²) >= 11 is 0. The summed E-state index contributed by atoms with van der Waals surface area (Å²) in [4.78, 5) is 27.0. The lowest BCUT2D eigenvalue weighted by Crippen LogP contribution is -2.49. The molecule has 1 aliphatic heterocycles. The van der Waals surface area contributed by atoms with Crippen LogP contribution >= 0.6 is 0 Å². The topological polar surface area (TPSA) is 49.3 Å². The number of carbonyl (C=O) groups is 1. The highest BCUT2D eigenvalue weighted by molar-refractivity contribution is 5.76. The van der Waals surface area contributed by atoms with Gasteiger partial charge >= 0.3 is 0 Å². The first-order valence-corrected chi connectivity index (χ1v) is 12.3. The molecular formula is C29H36N4O. The molecule has 0 unspecified atom stereocenters. The molecule has 5 heteroatoms. The molecule has 0 spiro atoms. The second-order valence-corrected chi connectivity index (χ2v) is 9.87. The average molecular weight is 457 g/mol. The van der Waals surface area contributed by atoms with Crippen LogP contribution in [0.1, 0.15) is 48.2 Å². The molecule has 1 aromatic heterocycles. The Morgan fingerprint density at radius 3 is 2.32 bits per heavy atom. The third-order valence-corrected chi connectivity index (χ3v) is 6.61. The summed E-state index contributed by atoms with van der Waals surface area (Å²) in [6.45, 7) is 13.6. The van der Waals surface area contributed by atoms with Crippen molar-refractivity contribution in [3.63, 3.8) is 0 Å². The minimum Gasteiger partial charge on any atom is -0.353 e. The van der Waals surface area contributed by atoms with Crippen molar-refractivity contribution in [3.8, 4) is 11.4 Å². The van der Waals surface area contributed by atoms with Gasteiger partial charge < -0.3 is 9.80 Å².